The molecule has 2 N–H and O–H groups in total. The number of thiophene rings is 1. The van der Waals surface area contributed by atoms with Crippen LogP contribution in [0.1, 0.15) is 61.9 Å². The van der Waals surface area contributed by atoms with Crippen LogP contribution in [0, 0.1) is 5.92 Å². The number of allylic oxidation sites excluding steroid dienone is 2. The maximum Gasteiger partial charge on any atom is 0.415 e. The number of nitrogens with zero attached hydrogens (tertiary/aromatic N) is 2. The third-order valence-corrected chi connectivity index (χ3v) is 8.86. The van der Waals surface area contributed by atoms with E-state index in [0.717, 1.165) is 16.5 Å². The number of aliphatic carboxylic acids is 1. The lowest BCUT2D eigenvalue weighted by Gasteiger charge is -2.46. The zero-order valence-electron chi connectivity index (χ0n) is 21.0. The number of carbonyl (C=O) groups excluding carboxylic acids is 2. The molecule has 0 bridgehead atoms. The van der Waals surface area contributed by atoms with Crippen molar-refractivity contribution in [3.05, 3.63) is 44.8 Å². The number of carbonyl (C=O) groups is 3. The van der Waals surface area contributed by atoms with E-state index in [9.17, 15) is 32.7 Å². The molecule has 12 heteroatoms. The average Bonchev–Trinajstić information content (AvgIpc) is 3.26. The second kappa shape index (κ2) is 11.7. The molecule has 7 nitrogen and oxygen atoms in total. The number of carboxylic acid groups (broad SMARTS) is 1. The summed E-state index contributed by atoms with van der Waals surface area (Å²) < 4.78 is 41.6. The first-order valence-corrected chi connectivity index (χ1v) is 14.0. The molecule has 2 unspecified atom stereocenters. The molecular formula is C26H31ClF3N3O4S. The number of hydrogen-bond donors (Lipinski definition) is 2. The predicted octanol–water partition coefficient (Wildman–Crippen LogP) is 5.07. The van der Waals surface area contributed by atoms with E-state index >= 15 is 0 Å². The third kappa shape index (κ3) is 5.88. The van der Waals surface area contributed by atoms with Gasteiger partial charge in [0.1, 0.15) is 6.04 Å². The molecule has 4 heterocycles. The van der Waals surface area contributed by atoms with Gasteiger partial charge in [-0.15, -0.1) is 11.3 Å². The number of halogens is 4. The Balaban J connectivity index is 1.61. The Morgan fingerprint density at radius 1 is 1.18 bits per heavy atom. The Morgan fingerprint density at radius 3 is 2.63 bits per heavy atom. The molecule has 2 amide bonds. The molecule has 1 saturated heterocycles. The van der Waals surface area contributed by atoms with E-state index in [2.05, 4.69) is 5.32 Å². The average molecular weight is 574 g/mol. The molecule has 4 atom stereocenters. The van der Waals surface area contributed by atoms with Gasteiger partial charge in [0.15, 0.2) is 0 Å². The van der Waals surface area contributed by atoms with Crippen LogP contribution in [0.15, 0.2) is 30.0 Å². The number of likely N-dealkylation sites (tertiary alicyclic amines) is 1. The first kappa shape index (κ1) is 28.5. The molecule has 208 valence electrons. The Kier molecular flexibility index (Phi) is 8.76. The summed E-state index contributed by atoms with van der Waals surface area (Å²) in [6, 6.07) is -0.781. The number of rotatable bonds is 7. The van der Waals surface area contributed by atoms with Gasteiger partial charge < -0.3 is 20.2 Å². The van der Waals surface area contributed by atoms with E-state index in [1.165, 1.54) is 28.5 Å². The fraction of sp³-hybridized carbons (Fsp3) is 0.577. The fourth-order valence-corrected chi connectivity index (χ4v) is 7.19. The number of piperidine rings is 1. The van der Waals surface area contributed by atoms with Crippen LogP contribution in [0.2, 0.25) is 4.34 Å². The van der Waals surface area contributed by atoms with E-state index < -0.39 is 47.7 Å². The monoisotopic (exact) mass is 573 g/mol. The van der Waals surface area contributed by atoms with Crippen molar-refractivity contribution in [2.45, 2.75) is 76.2 Å². The van der Waals surface area contributed by atoms with Gasteiger partial charge in [-0.25, -0.2) is 0 Å². The Morgan fingerprint density at radius 2 is 1.95 bits per heavy atom. The van der Waals surface area contributed by atoms with Crippen LogP contribution in [0.3, 0.4) is 0 Å². The van der Waals surface area contributed by atoms with Crippen molar-refractivity contribution in [3.8, 4) is 0 Å². The van der Waals surface area contributed by atoms with Crippen molar-refractivity contribution in [2.24, 2.45) is 5.92 Å². The van der Waals surface area contributed by atoms with E-state index in [4.69, 9.17) is 11.6 Å². The largest absolute Gasteiger partial charge is 0.481 e. The Labute approximate surface area is 228 Å². The number of carboxylic acids is 1. The van der Waals surface area contributed by atoms with Crippen LogP contribution in [-0.4, -0.2) is 64.0 Å². The van der Waals surface area contributed by atoms with Gasteiger partial charge in [-0.1, -0.05) is 31.0 Å². The first-order valence-electron chi connectivity index (χ1n) is 12.8. The zero-order valence-corrected chi connectivity index (χ0v) is 22.5. The van der Waals surface area contributed by atoms with E-state index in [-0.39, 0.29) is 25.3 Å². The molecule has 1 fully saturated rings. The Bertz CT molecular complexity index is 1140. The van der Waals surface area contributed by atoms with Gasteiger partial charge in [0, 0.05) is 30.4 Å². The number of alkyl halides is 3. The first-order chi connectivity index (χ1) is 18.0. The van der Waals surface area contributed by atoms with Crippen molar-refractivity contribution >= 4 is 40.7 Å². The molecule has 3 aliphatic heterocycles. The summed E-state index contributed by atoms with van der Waals surface area (Å²) in [4.78, 5) is 43.2. The third-order valence-electron chi connectivity index (χ3n) is 7.53. The number of dihydropyridines is 1. The molecule has 1 aromatic heterocycles. The van der Waals surface area contributed by atoms with Crippen LogP contribution < -0.4 is 5.32 Å². The normalized spacial score (nSPS) is 25.4. The molecule has 4 rings (SSSR count). The molecular weight excluding hydrogens is 543 g/mol. The van der Waals surface area contributed by atoms with Gasteiger partial charge in [0.25, 0.3) is 0 Å². The minimum atomic E-state index is -4.67. The number of nitrogens with one attached hydrogen (secondary N) is 1. The minimum Gasteiger partial charge on any atom is -0.481 e. The summed E-state index contributed by atoms with van der Waals surface area (Å²) in [5, 5.41) is 11.9. The summed E-state index contributed by atoms with van der Waals surface area (Å²) in [5.41, 5.74) is -0.102. The number of fused-ring (bicyclic) bond motifs is 1. The molecule has 0 spiro atoms. The van der Waals surface area contributed by atoms with Crippen LogP contribution in [-0.2, 0) is 20.8 Å². The lowest BCUT2D eigenvalue weighted by Crippen LogP contribution is -2.59. The Hall–Kier alpha value is -2.53. The number of hydrogen-bond acceptors (Lipinski definition) is 5. The molecule has 0 radical (unpaired) electrons. The lowest BCUT2D eigenvalue weighted by atomic mass is 9.83. The molecule has 1 aromatic rings. The van der Waals surface area contributed by atoms with Crippen LogP contribution >= 0.6 is 22.9 Å². The second-order valence-electron chi connectivity index (χ2n) is 9.87. The maximum atomic E-state index is 14.1. The highest BCUT2D eigenvalue weighted by Gasteiger charge is 2.47. The fourth-order valence-electron chi connectivity index (χ4n) is 5.87. The maximum absolute atomic E-state index is 14.1. The molecule has 0 aromatic carbocycles. The van der Waals surface area contributed by atoms with Gasteiger partial charge in [0.2, 0.25) is 11.8 Å². The number of amides is 2. The van der Waals surface area contributed by atoms with Crippen molar-refractivity contribution in [1.29, 1.82) is 0 Å². The van der Waals surface area contributed by atoms with Gasteiger partial charge in [-0.3, -0.25) is 14.4 Å². The SMILES string of the molecule is CCC[C@@H]1[C@H](C(=O)N2CCc3sc(Cl)cc3C2CCC(=O)O)CCCN1C(=O)C1NC=CC=C1C(F)(F)F. The van der Waals surface area contributed by atoms with E-state index in [0.29, 0.717) is 43.0 Å². The molecule has 3 aliphatic rings. The standard InChI is InChI=1S/C26H31ClF3N3O4S/c1-2-5-18-15(6-4-12-32(18)25(37)23-17(26(28,29)30)7-3-11-31-23)24(36)33-13-10-20-16(14-21(27)38-20)19(33)8-9-22(34)35/h3,7,11,14-15,18-19,23,31H,2,4-6,8-10,12-13H2,1H3,(H,34,35)/t15-,18-,19?,23?/m1/s1. The minimum absolute atomic E-state index is 0.123. The summed E-state index contributed by atoms with van der Waals surface area (Å²) in [6.07, 6.45) is 1.58. The van der Waals surface area contributed by atoms with Crippen molar-refractivity contribution < 1.29 is 32.7 Å². The van der Waals surface area contributed by atoms with Crippen molar-refractivity contribution in [2.75, 3.05) is 13.1 Å². The van der Waals surface area contributed by atoms with Gasteiger partial charge in [-0.2, -0.15) is 13.2 Å². The topological polar surface area (TPSA) is 90.0 Å². The zero-order chi connectivity index (χ0) is 27.6. The van der Waals surface area contributed by atoms with Gasteiger partial charge in [0.05, 0.1) is 21.9 Å². The summed E-state index contributed by atoms with van der Waals surface area (Å²) in [6.45, 7) is 2.58. The van der Waals surface area contributed by atoms with Crippen molar-refractivity contribution in [3.63, 3.8) is 0 Å². The lowest BCUT2D eigenvalue weighted by molar-refractivity contribution is -0.150. The predicted molar refractivity (Wildman–Crippen MR) is 138 cm³/mol. The van der Waals surface area contributed by atoms with E-state index in [1.54, 1.807) is 11.0 Å². The molecule has 0 aliphatic carbocycles. The van der Waals surface area contributed by atoms with Crippen LogP contribution in [0.4, 0.5) is 13.2 Å². The summed E-state index contributed by atoms with van der Waals surface area (Å²) in [7, 11) is 0. The summed E-state index contributed by atoms with van der Waals surface area (Å²) >= 11 is 7.68. The van der Waals surface area contributed by atoms with Crippen molar-refractivity contribution in [1.82, 2.24) is 15.1 Å². The quantitative estimate of drug-likeness (QED) is 0.475. The van der Waals surface area contributed by atoms with E-state index in [1.807, 2.05) is 6.92 Å². The highest BCUT2D eigenvalue weighted by atomic mass is 35.5. The van der Waals surface area contributed by atoms with Crippen LogP contribution in [0.5, 0.6) is 0 Å². The summed E-state index contributed by atoms with van der Waals surface area (Å²) in [5.74, 6) is -2.44. The molecule has 0 saturated carbocycles. The second-order valence-corrected chi connectivity index (χ2v) is 11.6. The molecule has 38 heavy (non-hydrogen) atoms. The van der Waals surface area contributed by atoms with Gasteiger partial charge >= 0.3 is 12.1 Å². The highest BCUT2D eigenvalue weighted by Crippen LogP contribution is 2.42. The van der Waals surface area contributed by atoms with Gasteiger partial charge in [-0.05, 0) is 56.0 Å². The highest BCUT2D eigenvalue weighted by molar-refractivity contribution is 7.16. The smallest absolute Gasteiger partial charge is 0.415 e. The van der Waals surface area contributed by atoms with Crippen LogP contribution in [0.25, 0.3) is 0 Å².